The van der Waals surface area contributed by atoms with Crippen molar-refractivity contribution in [2.75, 3.05) is 13.7 Å². The Morgan fingerprint density at radius 3 is 3.05 bits per heavy atom. The van der Waals surface area contributed by atoms with Crippen LogP contribution in [0.15, 0.2) is 18.5 Å². The molecule has 5 heteroatoms. The molecule has 0 amide bonds. The maximum atomic E-state index is 5.82. The molecular formula is C14H19N3O2. The van der Waals surface area contributed by atoms with Crippen LogP contribution in [0.2, 0.25) is 0 Å². The summed E-state index contributed by atoms with van der Waals surface area (Å²) >= 11 is 0. The predicted octanol–water partition coefficient (Wildman–Crippen LogP) is 2.20. The molecule has 1 unspecified atom stereocenters. The van der Waals surface area contributed by atoms with E-state index in [0.29, 0.717) is 6.54 Å². The standard InChI is InChI=1S/C14H19N3O2/c1-18-14-10(8-15)5-6-11-13(14)16-9-17(11)12-4-2-3-7-19-12/h5-6,9,12H,2-4,7-8,15H2,1H3. The van der Waals surface area contributed by atoms with Crippen molar-refractivity contribution in [3.05, 3.63) is 24.0 Å². The second-order valence-corrected chi connectivity index (χ2v) is 4.80. The fraction of sp³-hybridized carbons (Fsp3) is 0.500. The normalized spacial score (nSPS) is 19.8. The molecule has 102 valence electrons. The molecule has 0 bridgehead atoms. The molecule has 1 aliphatic rings. The van der Waals surface area contributed by atoms with E-state index in [1.807, 2.05) is 18.5 Å². The molecule has 19 heavy (non-hydrogen) atoms. The van der Waals surface area contributed by atoms with Gasteiger partial charge in [0.2, 0.25) is 0 Å². The van der Waals surface area contributed by atoms with E-state index in [4.69, 9.17) is 15.2 Å². The number of ether oxygens (including phenoxy) is 2. The predicted molar refractivity (Wildman–Crippen MR) is 73.0 cm³/mol. The Morgan fingerprint density at radius 2 is 2.37 bits per heavy atom. The lowest BCUT2D eigenvalue weighted by atomic mass is 10.1. The Bertz CT molecular complexity index is 573. The lowest BCUT2D eigenvalue weighted by molar-refractivity contribution is -0.0295. The van der Waals surface area contributed by atoms with Crippen LogP contribution >= 0.6 is 0 Å². The zero-order valence-corrected chi connectivity index (χ0v) is 11.1. The van der Waals surface area contributed by atoms with E-state index in [-0.39, 0.29) is 6.23 Å². The third-order valence-corrected chi connectivity index (χ3v) is 3.67. The smallest absolute Gasteiger partial charge is 0.151 e. The SMILES string of the molecule is COc1c(CN)ccc2c1ncn2C1CCCCO1. The first-order chi connectivity index (χ1) is 9.35. The molecule has 1 saturated heterocycles. The summed E-state index contributed by atoms with van der Waals surface area (Å²) in [5.41, 5.74) is 8.61. The van der Waals surface area contributed by atoms with Crippen LogP contribution in [-0.2, 0) is 11.3 Å². The van der Waals surface area contributed by atoms with Gasteiger partial charge in [0.05, 0.1) is 19.0 Å². The molecule has 2 heterocycles. The Balaban J connectivity index is 2.08. The van der Waals surface area contributed by atoms with Crippen LogP contribution in [0.4, 0.5) is 0 Å². The van der Waals surface area contributed by atoms with Crippen molar-refractivity contribution in [2.24, 2.45) is 5.73 Å². The molecule has 0 spiro atoms. The number of methoxy groups -OCH3 is 1. The molecule has 5 nitrogen and oxygen atoms in total. The van der Waals surface area contributed by atoms with Gasteiger partial charge < -0.3 is 19.8 Å². The number of imidazole rings is 1. The summed E-state index contributed by atoms with van der Waals surface area (Å²) in [5.74, 6) is 0.773. The van der Waals surface area contributed by atoms with Crippen LogP contribution in [-0.4, -0.2) is 23.3 Å². The van der Waals surface area contributed by atoms with E-state index >= 15 is 0 Å². The van der Waals surface area contributed by atoms with Crippen molar-refractivity contribution in [1.29, 1.82) is 0 Å². The fourth-order valence-corrected chi connectivity index (χ4v) is 2.68. The van der Waals surface area contributed by atoms with Gasteiger partial charge >= 0.3 is 0 Å². The Kier molecular flexibility index (Phi) is 3.40. The zero-order chi connectivity index (χ0) is 13.2. The number of hydrogen-bond donors (Lipinski definition) is 1. The molecule has 0 saturated carbocycles. The van der Waals surface area contributed by atoms with Gasteiger partial charge in [-0.25, -0.2) is 4.98 Å². The first kappa shape index (κ1) is 12.4. The zero-order valence-electron chi connectivity index (χ0n) is 11.1. The van der Waals surface area contributed by atoms with E-state index < -0.39 is 0 Å². The minimum absolute atomic E-state index is 0.0900. The van der Waals surface area contributed by atoms with E-state index in [0.717, 1.165) is 41.8 Å². The quantitative estimate of drug-likeness (QED) is 0.920. The first-order valence-corrected chi connectivity index (χ1v) is 6.69. The number of fused-ring (bicyclic) bond motifs is 1. The topological polar surface area (TPSA) is 62.3 Å². The first-order valence-electron chi connectivity index (χ1n) is 6.69. The molecule has 1 aromatic heterocycles. The highest BCUT2D eigenvalue weighted by Gasteiger charge is 2.20. The highest BCUT2D eigenvalue weighted by molar-refractivity contribution is 5.83. The summed E-state index contributed by atoms with van der Waals surface area (Å²) in [7, 11) is 1.66. The van der Waals surface area contributed by atoms with Crippen LogP contribution < -0.4 is 10.5 Å². The minimum Gasteiger partial charge on any atom is -0.494 e. The average Bonchev–Trinajstić information content (AvgIpc) is 2.91. The fourth-order valence-electron chi connectivity index (χ4n) is 2.68. The van der Waals surface area contributed by atoms with Gasteiger partial charge in [0.25, 0.3) is 0 Å². The average molecular weight is 261 g/mol. The van der Waals surface area contributed by atoms with Crippen LogP contribution in [0.25, 0.3) is 11.0 Å². The third kappa shape index (κ3) is 2.09. The Labute approximate surface area is 112 Å². The van der Waals surface area contributed by atoms with E-state index in [9.17, 15) is 0 Å². The number of aromatic nitrogens is 2. The van der Waals surface area contributed by atoms with Gasteiger partial charge in [-0.15, -0.1) is 0 Å². The molecule has 1 atom stereocenters. The van der Waals surface area contributed by atoms with Gasteiger partial charge in [0.15, 0.2) is 5.75 Å². The van der Waals surface area contributed by atoms with E-state index in [1.54, 1.807) is 7.11 Å². The Hall–Kier alpha value is -1.59. The lowest BCUT2D eigenvalue weighted by Crippen LogP contribution is -2.17. The molecule has 1 fully saturated rings. The van der Waals surface area contributed by atoms with Crippen LogP contribution in [0, 0.1) is 0 Å². The second kappa shape index (κ2) is 5.19. The number of hydrogen-bond acceptors (Lipinski definition) is 4. The van der Waals surface area contributed by atoms with E-state index in [2.05, 4.69) is 9.55 Å². The van der Waals surface area contributed by atoms with Crippen molar-refractivity contribution in [1.82, 2.24) is 9.55 Å². The van der Waals surface area contributed by atoms with Crippen molar-refractivity contribution in [3.8, 4) is 5.75 Å². The lowest BCUT2D eigenvalue weighted by Gasteiger charge is -2.24. The van der Waals surface area contributed by atoms with Crippen molar-refractivity contribution < 1.29 is 9.47 Å². The number of rotatable bonds is 3. The minimum atomic E-state index is 0.0900. The number of nitrogens with zero attached hydrogens (tertiary/aromatic N) is 2. The molecule has 0 radical (unpaired) electrons. The maximum Gasteiger partial charge on any atom is 0.151 e. The van der Waals surface area contributed by atoms with Crippen molar-refractivity contribution in [2.45, 2.75) is 32.0 Å². The summed E-state index contributed by atoms with van der Waals surface area (Å²) in [4.78, 5) is 4.48. The third-order valence-electron chi connectivity index (χ3n) is 3.67. The molecule has 1 aromatic carbocycles. The molecule has 2 aromatic rings. The van der Waals surface area contributed by atoms with Gasteiger partial charge in [-0.3, -0.25) is 0 Å². The van der Waals surface area contributed by atoms with Gasteiger partial charge in [-0.2, -0.15) is 0 Å². The largest absolute Gasteiger partial charge is 0.494 e. The van der Waals surface area contributed by atoms with Gasteiger partial charge in [0.1, 0.15) is 11.7 Å². The van der Waals surface area contributed by atoms with Crippen LogP contribution in [0.1, 0.15) is 31.1 Å². The monoisotopic (exact) mass is 261 g/mol. The van der Waals surface area contributed by atoms with Gasteiger partial charge in [-0.05, 0) is 25.3 Å². The molecular weight excluding hydrogens is 242 g/mol. The molecule has 2 N–H and O–H groups in total. The maximum absolute atomic E-state index is 5.82. The summed E-state index contributed by atoms with van der Waals surface area (Å²) < 4.78 is 13.4. The summed E-state index contributed by atoms with van der Waals surface area (Å²) in [6.07, 6.45) is 5.30. The van der Waals surface area contributed by atoms with Crippen molar-refractivity contribution in [3.63, 3.8) is 0 Å². The highest BCUT2D eigenvalue weighted by Crippen LogP contribution is 2.32. The van der Waals surface area contributed by atoms with Crippen molar-refractivity contribution >= 4 is 11.0 Å². The Morgan fingerprint density at radius 1 is 1.47 bits per heavy atom. The summed E-state index contributed by atoms with van der Waals surface area (Å²) in [6, 6.07) is 4.05. The van der Waals surface area contributed by atoms with Crippen LogP contribution in [0.3, 0.4) is 0 Å². The van der Waals surface area contributed by atoms with Gasteiger partial charge in [-0.1, -0.05) is 6.07 Å². The van der Waals surface area contributed by atoms with E-state index in [1.165, 1.54) is 6.42 Å². The van der Waals surface area contributed by atoms with Crippen LogP contribution in [0.5, 0.6) is 5.75 Å². The second-order valence-electron chi connectivity index (χ2n) is 4.80. The molecule has 1 aliphatic heterocycles. The summed E-state index contributed by atoms with van der Waals surface area (Å²) in [5, 5.41) is 0. The van der Waals surface area contributed by atoms with Gasteiger partial charge in [0, 0.05) is 18.7 Å². The highest BCUT2D eigenvalue weighted by atomic mass is 16.5. The number of benzene rings is 1. The molecule has 3 rings (SSSR count). The molecule has 0 aliphatic carbocycles. The summed E-state index contributed by atoms with van der Waals surface area (Å²) in [6.45, 7) is 1.27. The number of nitrogens with two attached hydrogens (primary N) is 1.